The first-order valence-corrected chi connectivity index (χ1v) is 5.80. The number of nitrogens with zero attached hydrogens (tertiary/aromatic N) is 1. The summed E-state index contributed by atoms with van der Waals surface area (Å²) in [4.78, 5) is 2.59. The largest absolute Gasteiger partial charge is 0.394 e. The molecule has 0 radical (unpaired) electrons. The fourth-order valence-electron chi connectivity index (χ4n) is 3.05. The molecule has 3 N–H and O–H groups in total. The van der Waals surface area contributed by atoms with Crippen molar-refractivity contribution >= 4 is 0 Å². The van der Waals surface area contributed by atoms with Gasteiger partial charge >= 0.3 is 0 Å². The van der Waals surface area contributed by atoms with Crippen LogP contribution in [0, 0.1) is 0 Å². The van der Waals surface area contributed by atoms with E-state index in [0.29, 0.717) is 6.04 Å². The first-order valence-electron chi connectivity index (χ1n) is 5.80. The summed E-state index contributed by atoms with van der Waals surface area (Å²) < 4.78 is 0. The van der Waals surface area contributed by atoms with Crippen molar-refractivity contribution in [1.29, 1.82) is 0 Å². The second-order valence-electron chi connectivity index (χ2n) is 5.15. The molecule has 2 fully saturated rings. The van der Waals surface area contributed by atoms with E-state index in [1.54, 1.807) is 0 Å². The van der Waals surface area contributed by atoms with Crippen LogP contribution in [0.2, 0.25) is 0 Å². The lowest BCUT2D eigenvalue weighted by Gasteiger charge is -2.29. The summed E-state index contributed by atoms with van der Waals surface area (Å²) >= 11 is 0. The number of hydrogen-bond donors (Lipinski definition) is 2. The maximum Gasteiger partial charge on any atom is 0.0611 e. The SMILES string of the molecule is CC1CCCN1C1CCC(N)(CO)C1. The Morgan fingerprint density at radius 2 is 2.29 bits per heavy atom. The number of aliphatic hydroxyl groups is 1. The number of hydrogen-bond acceptors (Lipinski definition) is 3. The van der Waals surface area contributed by atoms with Gasteiger partial charge in [-0.05, 0) is 45.6 Å². The number of aliphatic hydroxyl groups excluding tert-OH is 1. The predicted molar refractivity (Wildman–Crippen MR) is 57.0 cm³/mol. The standard InChI is InChI=1S/C11H22N2O/c1-9-3-2-6-13(9)10-4-5-11(12,7-10)8-14/h9-10,14H,2-8,12H2,1H3. The summed E-state index contributed by atoms with van der Waals surface area (Å²) in [5.41, 5.74) is 5.80. The highest BCUT2D eigenvalue weighted by molar-refractivity contribution is 4.98. The molecule has 0 spiro atoms. The Morgan fingerprint density at radius 1 is 1.50 bits per heavy atom. The molecule has 2 rings (SSSR count). The lowest BCUT2D eigenvalue weighted by molar-refractivity contribution is 0.162. The van der Waals surface area contributed by atoms with E-state index in [0.717, 1.165) is 18.9 Å². The quantitative estimate of drug-likeness (QED) is 0.687. The molecule has 0 bridgehead atoms. The molecule has 3 unspecified atom stereocenters. The van der Waals surface area contributed by atoms with Gasteiger partial charge < -0.3 is 10.8 Å². The molecule has 0 aromatic rings. The molecule has 0 aromatic heterocycles. The van der Waals surface area contributed by atoms with E-state index >= 15 is 0 Å². The third kappa shape index (κ3) is 1.81. The van der Waals surface area contributed by atoms with Crippen LogP contribution >= 0.6 is 0 Å². The smallest absolute Gasteiger partial charge is 0.0611 e. The van der Waals surface area contributed by atoms with Gasteiger partial charge in [0.1, 0.15) is 0 Å². The van der Waals surface area contributed by atoms with Gasteiger partial charge in [-0.1, -0.05) is 0 Å². The molecule has 3 atom stereocenters. The highest BCUT2D eigenvalue weighted by Gasteiger charge is 2.40. The zero-order chi connectivity index (χ0) is 10.2. The Kier molecular flexibility index (Phi) is 2.82. The summed E-state index contributed by atoms with van der Waals surface area (Å²) in [5.74, 6) is 0. The van der Waals surface area contributed by atoms with Crippen molar-refractivity contribution in [3.8, 4) is 0 Å². The average Bonchev–Trinajstić information content (AvgIpc) is 2.73. The summed E-state index contributed by atoms with van der Waals surface area (Å²) in [5, 5.41) is 9.21. The highest BCUT2D eigenvalue weighted by atomic mass is 16.3. The van der Waals surface area contributed by atoms with Gasteiger partial charge in [-0.15, -0.1) is 0 Å². The zero-order valence-corrected chi connectivity index (χ0v) is 9.08. The van der Waals surface area contributed by atoms with Gasteiger partial charge in [0.05, 0.1) is 6.61 Å². The van der Waals surface area contributed by atoms with Crippen molar-refractivity contribution < 1.29 is 5.11 Å². The highest BCUT2D eigenvalue weighted by Crippen LogP contribution is 2.34. The molecular formula is C11H22N2O. The van der Waals surface area contributed by atoms with Crippen molar-refractivity contribution in [1.82, 2.24) is 4.90 Å². The maximum atomic E-state index is 9.21. The lowest BCUT2D eigenvalue weighted by Crippen LogP contribution is -2.44. The third-order valence-electron chi connectivity index (χ3n) is 4.01. The topological polar surface area (TPSA) is 49.5 Å². The number of rotatable bonds is 2. The average molecular weight is 198 g/mol. The Hall–Kier alpha value is -0.120. The number of likely N-dealkylation sites (tertiary alicyclic amines) is 1. The third-order valence-corrected chi connectivity index (χ3v) is 4.01. The van der Waals surface area contributed by atoms with Gasteiger partial charge in [-0.25, -0.2) is 0 Å². The van der Waals surface area contributed by atoms with Crippen LogP contribution in [0.15, 0.2) is 0 Å². The summed E-state index contributed by atoms with van der Waals surface area (Å²) in [6.45, 7) is 3.68. The van der Waals surface area contributed by atoms with Gasteiger partial charge in [0.2, 0.25) is 0 Å². The van der Waals surface area contributed by atoms with Crippen LogP contribution in [0.5, 0.6) is 0 Å². The minimum atomic E-state index is -0.285. The molecule has 14 heavy (non-hydrogen) atoms. The van der Waals surface area contributed by atoms with E-state index in [4.69, 9.17) is 5.73 Å². The first kappa shape index (κ1) is 10.4. The van der Waals surface area contributed by atoms with Gasteiger partial charge in [0, 0.05) is 17.6 Å². The monoisotopic (exact) mass is 198 g/mol. The van der Waals surface area contributed by atoms with Crippen LogP contribution in [0.1, 0.15) is 39.0 Å². The zero-order valence-electron chi connectivity index (χ0n) is 9.08. The van der Waals surface area contributed by atoms with Gasteiger partial charge in [0.15, 0.2) is 0 Å². The number of nitrogens with two attached hydrogens (primary N) is 1. The van der Waals surface area contributed by atoms with Gasteiger partial charge in [-0.3, -0.25) is 4.90 Å². The summed E-state index contributed by atoms with van der Waals surface area (Å²) in [7, 11) is 0. The van der Waals surface area contributed by atoms with E-state index in [1.807, 2.05) is 0 Å². The summed E-state index contributed by atoms with van der Waals surface area (Å²) in [6.07, 6.45) is 5.79. The van der Waals surface area contributed by atoms with Crippen molar-refractivity contribution in [2.24, 2.45) is 5.73 Å². The molecule has 2 aliphatic rings. The Balaban J connectivity index is 1.95. The minimum Gasteiger partial charge on any atom is -0.394 e. The van der Waals surface area contributed by atoms with E-state index in [2.05, 4.69) is 11.8 Å². The minimum absolute atomic E-state index is 0.145. The van der Waals surface area contributed by atoms with Gasteiger partial charge in [0.25, 0.3) is 0 Å². The fraction of sp³-hybridized carbons (Fsp3) is 1.00. The summed E-state index contributed by atoms with van der Waals surface area (Å²) in [6, 6.07) is 1.35. The molecule has 1 aliphatic heterocycles. The van der Waals surface area contributed by atoms with Crippen LogP contribution in [0.4, 0.5) is 0 Å². The predicted octanol–water partition coefficient (Wildman–Crippen LogP) is 0.713. The van der Waals surface area contributed by atoms with E-state index in [1.165, 1.54) is 25.8 Å². The van der Waals surface area contributed by atoms with E-state index < -0.39 is 0 Å². The molecule has 3 heteroatoms. The molecule has 1 saturated carbocycles. The van der Waals surface area contributed by atoms with Crippen molar-refractivity contribution in [3.63, 3.8) is 0 Å². The Morgan fingerprint density at radius 3 is 2.79 bits per heavy atom. The van der Waals surface area contributed by atoms with Crippen LogP contribution in [0.3, 0.4) is 0 Å². The van der Waals surface area contributed by atoms with Crippen LogP contribution < -0.4 is 5.73 Å². The second kappa shape index (κ2) is 3.80. The van der Waals surface area contributed by atoms with Crippen molar-refractivity contribution in [2.75, 3.05) is 13.2 Å². The van der Waals surface area contributed by atoms with Gasteiger partial charge in [-0.2, -0.15) is 0 Å². The van der Waals surface area contributed by atoms with E-state index in [9.17, 15) is 5.11 Å². The Bertz CT molecular complexity index is 209. The maximum absolute atomic E-state index is 9.21. The molecule has 3 nitrogen and oxygen atoms in total. The molecule has 1 aliphatic carbocycles. The van der Waals surface area contributed by atoms with Crippen LogP contribution in [0.25, 0.3) is 0 Å². The molecule has 1 heterocycles. The van der Waals surface area contributed by atoms with Crippen molar-refractivity contribution in [2.45, 2.75) is 56.7 Å². The molecule has 1 saturated heterocycles. The molecular weight excluding hydrogens is 176 g/mol. The van der Waals surface area contributed by atoms with Crippen LogP contribution in [-0.2, 0) is 0 Å². The van der Waals surface area contributed by atoms with E-state index in [-0.39, 0.29) is 12.1 Å². The second-order valence-corrected chi connectivity index (χ2v) is 5.15. The normalized spacial score (nSPS) is 44.8. The molecule has 0 aromatic carbocycles. The fourth-order valence-corrected chi connectivity index (χ4v) is 3.05. The molecule has 82 valence electrons. The van der Waals surface area contributed by atoms with Crippen molar-refractivity contribution in [3.05, 3.63) is 0 Å². The first-order chi connectivity index (χ1) is 6.64. The molecule has 0 amide bonds. The lowest BCUT2D eigenvalue weighted by atomic mass is 10.0. The Labute approximate surface area is 86.3 Å². The van der Waals surface area contributed by atoms with Crippen LogP contribution in [-0.4, -0.2) is 40.8 Å².